The van der Waals surface area contributed by atoms with Gasteiger partial charge in [-0.05, 0) is 60.7 Å². The molecule has 144 valence electrons. The molecule has 8 heteroatoms. The Balaban J connectivity index is 1.78. The highest BCUT2D eigenvalue weighted by Crippen LogP contribution is 2.24. The molecule has 1 amide bonds. The molecule has 3 rings (SSSR count). The maximum Gasteiger partial charge on any atom is 0.264 e. The molecule has 28 heavy (non-hydrogen) atoms. The van der Waals surface area contributed by atoms with Gasteiger partial charge in [-0.25, -0.2) is 8.42 Å². The lowest BCUT2D eigenvalue weighted by molar-refractivity contribution is 0.102. The Hall–Kier alpha value is -3.39. The lowest BCUT2D eigenvalue weighted by Gasteiger charge is -2.20. The monoisotopic (exact) mass is 397 g/mol. The molecule has 0 spiro atoms. The first kappa shape index (κ1) is 19.4. The molecule has 0 saturated carbocycles. The third kappa shape index (κ3) is 4.12. The number of pyridine rings is 1. The maximum atomic E-state index is 12.8. The van der Waals surface area contributed by atoms with Crippen LogP contribution in [-0.2, 0) is 10.0 Å². The molecule has 1 aromatic heterocycles. The molecule has 1 heterocycles. The molecule has 0 aliphatic rings. The number of nitrogens with one attached hydrogen (secondary N) is 1. The molecule has 0 aliphatic heterocycles. The topological polar surface area (TPSA) is 88.6 Å². The molecule has 0 aliphatic carbocycles. The van der Waals surface area contributed by atoms with Gasteiger partial charge in [0.15, 0.2) is 0 Å². The summed E-state index contributed by atoms with van der Waals surface area (Å²) in [5.74, 6) is 0.303. The third-order valence-electron chi connectivity index (χ3n) is 4.15. The van der Waals surface area contributed by atoms with Crippen LogP contribution < -0.4 is 14.4 Å². The molecule has 0 radical (unpaired) electrons. The zero-order valence-electron chi connectivity index (χ0n) is 15.4. The second-order valence-corrected chi connectivity index (χ2v) is 7.85. The Kier molecular flexibility index (Phi) is 5.60. The van der Waals surface area contributed by atoms with Gasteiger partial charge in [0.1, 0.15) is 5.75 Å². The van der Waals surface area contributed by atoms with E-state index >= 15 is 0 Å². The minimum atomic E-state index is -3.76. The Bertz CT molecular complexity index is 1050. The van der Waals surface area contributed by atoms with E-state index in [0.29, 0.717) is 22.7 Å². The summed E-state index contributed by atoms with van der Waals surface area (Å²) < 4.78 is 32.0. The standard InChI is InChI=1S/C20H19N3O4S/c1-23(17-5-7-18(27-2)8-6-17)28(25,26)19-9-3-15(4-10-19)20(24)22-16-11-13-21-14-12-16/h3-14H,1-2H3,(H,21,22,24). The molecule has 0 bridgehead atoms. The molecular weight excluding hydrogens is 378 g/mol. The van der Waals surface area contributed by atoms with E-state index in [-0.39, 0.29) is 10.8 Å². The van der Waals surface area contributed by atoms with E-state index in [1.807, 2.05) is 0 Å². The minimum Gasteiger partial charge on any atom is -0.497 e. The number of sulfonamides is 1. The van der Waals surface area contributed by atoms with Gasteiger partial charge in [0.05, 0.1) is 17.7 Å². The second-order valence-electron chi connectivity index (χ2n) is 5.88. The van der Waals surface area contributed by atoms with Crippen LogP contribution in [0.5, 0.6) is 5.75 Å². The van der Waals surface area contributed by atoms with Crippen LogP contribution >= 0.6 is 0 Å². The number of carbonyl (C=O) groups is 1. The molecule has 0 atom stereocenters. The van der Waals surface area contributed by atoms with Crippen molar-refractivity contribution >= 4 is 27.3 Å². The first-order valence-corrected chi connectivity index (χ1v) is 9.80. The first-order valence-electron chi connectivity index (χ1n) is 8.36. The van der Waals surface area contributed by atoms with E-state index in [0.717, 1.165) is 0 Å². The summed E-state index contributed by atoms with van der Waals surface area (Å²) in [6.45, 7) is 0. The molecular formula is C20H19N3O4S. The predicted octanol–water partition coefficient (Wildman–Crippen LogP) is 3.17. The van der Waals surface area contributed by atoms with Gasteiger partial charge in [0.25, 0.3) is 15.9 Å². The van der Waals surface area contributed by atoms with Gasteiger partial charge in [0.2, 0.25) is 0 Å². The van der Waals surface area contributed by atoms with E-state index in [4.69, 9.17) is 4.74 Å². The summed E-state index contributed by atoms with van der Waals surface area (Å²) in [6, 6.07) is 15.8. The fraction of sp³-hybridized carbons (Fsp3) is 0.100. The number of hydrogen-bond donors (Lipinski definition) is 1. The van der Waals surface area contributed by atoms with Crippen molar-refractivity contribution in [3.63, 3.8) is 0 Å². The van der Waals surface area contributed by atoms with E-state index < -0.39 is 10.0 Å². The lowest BCUT2D eigenvalue weighted by Crippen LogP contribution is -2.26. The molecule has 1 N–H and O–H groups in total. The SMILES string of the molecule is COc1ccc(N(C)S(=O)(=O)c2ccc(C(=O)Nc3ccncc3)cc2)cc1. The van der Waals surface area contributed by atoms with Gasteiger partial charge in [-0.15, -0.1) is 0 Å². The van der Waals surface area contributed by atoms with Crippen LogP contribution in [0.1, 0.15) is 10.4 Å². The Morgan fingerprint density at radius 1 is 0.964 bits per heavy atom. The summed E-state index contributed by atoms with van der Waals surface area (Å²) >= 11 is 0. The highest BCUT2D eigenvalue weighted by molar-refractivity contribution is 7.92. The normalized spacial score (nSPS) is 10.9. The smallest absolute Gasteiger partial charge is 0.264 e. The quantitative estimate of drug-likeness (QED) is 0.690. The number of nitrogens with zero attached hydrogens (tertiary/aromatic N) is 2. The summed E-state index contributed by atoms with van der Waals surface area (Å²) in [7, 11) is -0.743. The van der Waals surface area contributed by atoms with Gasteiger partial charge in [-0.1, -0.05) is 0 Å². The number of carbonyl (C=O) groups excluding carboxylic acids is 1. The van der Waals surface area contributed by atoms with E-state index in [9.17, 15) is 13.2 Å². The Morgan fingerprint density at radius 3 is 2.14 bits per heavy atom. The Labute approximate surface area is 163 Å². The molecule has 2 aromatic carbocycles. The predicted molar refractivity (Wildman–Crippen MR) is 107 cm³/mol. The van der Waals surface area contributed by atoms with Gasteiger partial charge >= 0.3 is 0 Å². The number of anilines is 2. The summed E-state index contributed by atoms with van der Waals surface area (Å²) in [5, 5.41) is 2.73. The van der Waals surface area contributed by atoms with Crippen LogP contribution in [0.2, 0.25) is 0 Å². The maximum absolute atomic E-state index is 12.8. The molecule has 3 aromatic rings. The van der Waals surface area contributed by atoms with E-state index in [1.165, 1.54) is 35.6 Å². The molecule has 0 fully saturated rings. The van der Waals surface area contributed by atoms with Crippen molar-refractivity contribution in [3.05, 3.63) is 78.6 Å². The van der Waals surface area contributed by atoms with Crippen LogP contribution in [0.4, 0.5) is 11.4 Å². The van der Waals surface area contributed by atoms with E-state index in [2.05, 4.69) is 10.3 Å². The lowest BCUT2D eigenvalue weighted by atomic mass is 10.2. The number of methoxy groups -OCH3 is 1. The summed E-state index contributed by atoms with van der Waals surface area (Å²) in [6.07, 6.45) is 3.14. The van der Waals surface area contributed by atoms with Gasteiger partial charge < -0.3 is 10.1 Å². The Morgan fingerprint density at radius 2 is 1.57 bits per heavy atom. The fourth-order valence-corrected chi connectivity index (χ4v) is 3.70. The largest absolute Gasteiger partial charge is 0.497 e. The highest BCUT2D eigenvalue weighted by atomic mass is 32.2. The average Bonchev–Trinajstić information content (AvgIpc) is 2.74. The highest BCUT2D eigenvalue weighted by Gasteiger charge is 2.21. The summed E-state index contributed by atoms with van der Waals surface area (Å²) in [4.78, 5) is 16.3. The average molecular weight is 397 g/mol. The fourth-order valence-electron chi connectivity index (χ4n) is 2.51. The third-order valence-corrected chi connectivity index (χ3v) is 5.95. The van der Waals surface area contributed by atoms with Crippen molar-refractivity contribution in [2.24, 2.45) is 0 Å². The van der Waals surface area contributed by atoms with Crippen molar-refractivity contribution in [1.29, 1.82) is 0 Å². The van der Waals surface area contributed by atoms with Crippen LogP contribution in [0.3, 0.4) is 0 Å². The number of amides is 1. The minimum absolute atomic E-state index is 0.0891. The molecule has 7 nitrogen and oxygen atoms in total. The number of hydrogen-bond acceptors (Lipinski definition) is 5. The van der Waals surface area contributed by atoms with Crippen molar-refractivity contribution in [2.75, 3.05) is 23.8 Å². The van der Waals surface area contributed by atoms with Crippen LogP contribution in [0.25, 0.3) is 0 Å². The van der Waals surface area contributed by atoms with Crippen molar-refractivity contribution in [2.45, 2.75) is 4.90 Å². The van der Waals surface area contributed by atoms with Crippen LogP contribution in [-0.4, -0.2) is 33.5 Å². The van der Waals surface area contributed by atoms with Gasteiger partial charge in [-0.2, -0.15) is 0 Å². The number of ether oxygens (including phenoxy) is 1. The molecule has 0 unspecified atom stereocenters. The zero-order chi connectivity index (χ0) is 20.1. The second kappa shape index (κ2) is 8.10. The number of benzene rings is 2. The van der Waals surface area contributed by atoms with Crippen molar-refractivity contribution < 1.29 is 17.9 Å². The van der Waals surface area contributed by atoms with Crippen LogP contribution in [0, 0.1) is 0 Å². The van der Waals surface area contributed by atoms with Crippen molar-refractivity contribution in [3.8, 4) is 5.75 Å². The van der Waals surface area contributed by atoms with Crippen molar-refractivity contribution in [1.82, 2.24) is 4.98 Å². The van der Waals surface area contributed by atoms with Gasteiger partial charge in [0, 0.05) is 30.7 Å². The van der Waals surface area contributed by atoms with Crippen LogP contribution in [0.15, 0.2) is 78.0 Å². The van der Waals surface area contributed by atoms with E-state index in [1.54, 1.807) is 55.9 Å². The first-order chi connectivity index (χ1) is 13.4. The summed E-state index contributed by atoms with van der Waals surface area (Å²) in [5.41, 5.74) is 1.46. The zero-order valence-corrected chi connectivity index (χ0v) is 16.2. The number of aromatic nitrogens is 1. The number of rotatable bonds is 6. The van der Waals surface area contributed by atoms with Gasteiger partial charge in [-0.3, -0.25) is 14.1 Å². The molecule has 0 saturated heterocycles.